The van der Waals surface area contributed by atoms with E-state index in [-0.39, 0.29) is 0 Å². The third kappa shape index (κ3) is 2.76. The summed E-state index contributed by atoms with van der Waals surface area (Å²) in [5.41, 5.74) is 1.21. The Hall–Kier alpha value is -0.0700. The lowest BCUT2D eigenvalue weighted by Crippen LogP contribution is -2.01. The molecule has 12 heavy (non-hydrogen) atoms. The summed E-state index contributed by atoms with van der Waals surface area (Å²) >= 11 is 0. The van der Waals surface area contributed by atoms with Crippen LogP contribution in [0.5, 0.6) is 0 Å². The van der Waals surface area contributed by atoms with Gasteiger partial charge in [-0.25, -0.2) is 0 Å². The second-order valence-electron chi connectivity index (χ2n) is 3.90. The largest absolute Gasteiger partial charge is 0.328 e. The highest BCUT2D eigenvalue weighted by Gasteiger charge is 2.27. The van der Waals surface area contributed by atoms with Crippen LogP contribution in [0.2, 0.25) is 0 Å². The molecule has 0 aromatic carbocycles. The lowest BCUT2D eigenvalue weighted by molar-refractivity contribution is 0.273. The summed E-state index contributed by atoms with van der Waals surface area (Å²) in [7, 11) is -2.27. The van der Waals surface area contributed by atoms with E-state index >= 15 is 0 Å². The minimum absolute atomic E-state index is 0.469. The molecule has 0 saturated heterocycles. The Bertz CT molecular complexity index is 231. The SMILES string of the molecule is CC1=CC[P@](=O)(OCC(C)C)C1. The fourth-order valence-electron chi connectivity index (χ4n) is 1.19. The van der Waals surface area contributed by atoms with Crippen LogP contribution in [0.4, 0.5) is 0 Å². The minimum Gasteiger partial charge on any atom is -0.328 e. The first-order valence-corrected chi connectivity index (χ1v) is 6.39. The van der Waals surface area contributed by atoms with E-state index in [1.807, 2.05) is 13.0 Å². The molecule has 0 aliphatic carbocycles. The monoisotopic (exact) mass is 188 g/mol. The Morgan fingerprint density at radius 1 is 1.67 bits per heavy atom. The molecule has 0 aromatic heterocycles. The highest BCUT2D eigenvalue weighted by molar-refractivity contribution is 7.59. The molecule has 0 amide bonds. The molecule has 1 atom stereocenters. The Morgan fingerprint density at radius 3 is 2.75 bits per heavy atom. The zero-order valence-corrected chi connectivity index (χ0v) is 8.93. The third-order valence-corrected chi connectivity index (χ3v) is 4.19. The zero-order valence-electron chi connectivity index (χ0n) is 8.04. The van der Waals surface area contributed by atoms with E-state index in [0.717, 1.165) is 0 Å². The number of hydrogen-bond acceptors (Lipinski definition) is 2. The second kappa shape index (κ2) is 3.76. The van der Waals surface area contributed by atoms with Crippen LogP contribution in [-0.4, -0.2) is 18.9 Å². The molecule has 2 nitrogen and oxygen atoms in total. The van der Waals surface area contributed by atoms with Crippen molar-refractivity contribution in [2.45, 2.75) is 20.8 Å². The summed E-state index contributed by atoms with van der Waals surface area (Å²) in [5.74, 6) is 0.469. The summed E-state index contributed by atoms with van der Waals surface area (Å²) in [5, 5.41) is 0. The van der Waals surface area contributed by atoms with Gasteiger partial charge in [-0.15, -0.1) is 0 Å². The fourth-order valence-corrected chi connectivity index (χ4v) is 3.56. The first kappa shape index (κ1) is 10.0. The molecule has 1 aliphatic rings. The van der Waals surface area contributed by atoms with Crippen LogP contribution in [0.3, 0.4) is 0 Å². The highest BCUT2D eigenvalue weighted by atomic mass is 31.2. The quantitative estimate of drug-likeness (QED) is 0.502. The summed E-state index contributed by atoms with van der Waals surface area (Å²) in [6.45, 7) is 6.78. The van der Waals surface area contributed by atoms with Crippen molar-refractivity contribution in [2.24, 2.45) is 5.92 Å². The lowest BCUT2D eigenvalue weighted by Gasteiger charge is -2.14. The standard InChI is InChI=1S/C9H17O2P/c1-8(2)6-11-12(10)5-4-9(3)7-12/h4,8H,5-7H2,1-3H3/t12-/m0/s1. The first-order chi connectivity index (χ1) is 5.52. The van der Waals surface area contributed by atoms with Gasteiger partial charge in [-0.3, -0.25) is 4.57 Å². The van der Waals surface area contributed by atoms with E-state index in [1.165, 1.54) is 5.57 Å². The molecule has 1 aliphatic heterocycles. The van der Waals surface area contributed by atoms with Crippen molar-refractivity contribution in [3.63, 3.8) is 0 Å². The maximum absolute atomic E-state index is 11.9. The first-order valence-electron chi connectivity index (χ1n) is 4.40. The van der Waals surface area contributed by atoms with Crippen LogP contribution in [0.25, 0.3) is 0 Å². The predicted octanol–water partition coefficient (Wildman–Crippen LogP) is 2.90. The van der Waals surface area contributed by atoms with Crippen LogP contribution in [-0.2, 0) is 9.09 Å². The second-order valence-corrected chi connectivity index (χ2v) is 6.46. The Kier molecular flexibility index (Phi) is 3.14. The summed E-state index contributed by atoms with van der Waals surface area (Å²) in [6.07, 6.45) is 3.34. The van der Waals surface area contributed by atoms with Gasteiger partial charge in [0, 0.05) is 12.3 Å². The van der Waals surface area contributed by atoms with Gasteiger partial charge in [0.1, 0.15) is 0 Å². The minimum atomic E-state index is -2.27. The average molecular weight is 188 g/mol. The lowest BCUT2D eigenvalue weighted by atomic mass is 10.2. The number of hydrogen-bond donors (Lipinski definition) is 0. The Balaban J connectivity index is 2.38. The average Bonchev–Trinajstić information content (AvgIpc) is 2.29. The van der Waals surface area contributed by atoms with Gasteiger partial charge < -0.3 is 4.52 Å². The Morgan fingerprint density at radius 2 is 2.33 bits per heavy atom. The molecule has 0 fully saturated rings. The zero-order chi connectivity index (χ0) is 9.19. The smallest absolute Gasteiger partial charge is 0.210 e. The molecule has 0 saturated carbocycles. The van der Waals surface area contributed by atoms with Crippen molar-refractivity contribution in [1.82, 2.24) is 0 Å². The van der Waals surface area contributed by atoms with Crippen LogP contribution in [0.1, 0.15) is 20.8 Å². The van der Waals surface area contributed by atoms with Crippen molar-refractivity contribution < 1.29 is 9.09 Å². The van der Waals surface area contributed by atoms with Crippen LogP contribution >= 0.6 is 7.37 Å². The van der Waals surface area contributed by atoms with Crippen molar-refractivity contribution in [3.8, 4) is 0 Å². The van der Waals surface area contributed by atoms with Crippen LogP contribution < -0.4 is 0 Å². The molecular formula is C9H17O2P. The summed E-state index contributed by atoms with van der Waals surface area (Å²) in [6, 6.07) is 0. The van der Waals surface area contributed by atoms with Gasteiger partial charge in [-0.05, 0) is 12.8 Å². The molecule has 70 valence electrons. The van der Waals surface area contributed by atoms with Gasteiger partial charge in [-0.1, -0.05) is 25.5 Å². The normalized spacial score (nSPS) is 29.5. The van der Waals surface area contributed by atoms with Crippen molar-refractivity contribution >= 4 is 7.37 Å². The van der Waals surface area contributed by atoms with Gasteiger partial charge in [0.25, 0.3) is 0 Å². The molecule has 0 aromatic rings. The number of rotatable bonds is 3. The van der Waals surface area contributed by atoms with Crippen molar-refractivity contribution in [3.05, 3.63) is 11.6 Å². The molecule has 0 spiro atoms. The van der Waals surface area contributed by atoms with E-state index < -0.39 is 7.37 Å². The van der Waals surface area contributed by atoms with E-state index in [4.69, 9.17) is 4.52 Å². The fraction of sp³-hybridized carbons (Fsp3) is 0.778. The van der Waals surface area contributed by atoms with Gasteiger partial charge in [0.05, 0.1) is 6.61 Å². The van der Waals surface area contributed by atoms with E-state index in [1.54, 1.807) is 0 Å². The third-order valence-electron chi connectivity index (χ3n) is 1.85. The molecule has 0 bridgehead atoms. The van der Waals surface area contributed by atoms with E-state index in [9.17, 15) is 4.57 Å². The molecule has 3 heteroatoms. The van der Waals surface area contributed by atoms with Crippen LogP contribution in [0.15, 0.2) is 11.6 Å². The van der Waals surface area contributed by atoms with Crippen LogP contribution in [0, 0.1) is 5.92 Å². The van der Waals surface area contributed by atoms with Gasteiger partial charge in [0.2, 0.25) is 7.37 Å². The number of allylic oxidation sites excluding steroid dienone is 2. The maximum Gasteiger partial charge on any atom is 0.210 e. The molecular weight excluding hydrogens is 171 g/mol. The molecule has 0 N–H and O–H groups in total. The predicted molar refractivity (Wildman–Crippen MR) is 51.9 cm³/mol. The summed E-state index contributed by atoms with van der Waals surface area (Å²) < 4.78 is 17.3. The van der Waals surface area contributed by atoms with Gasteiger partial charge in [-0.2, -0.15) is 0 Å². The molecule has 1 heterocycles. The van der Waals surface area contributed by atoms with E-state index in [2.05, 4.69) is 13.8 Å². The Labute approximate surface area is 74.5 Å². The van der Waals surface area contributed by atoms with E-state index in [0.29, 0.717) is 24.8 Å². The molecule has 0 radical (unpaired) electrons. The topological polar surface area (TPSA) is 26.3 Å². The maximum atomic E-state index is 11.9. The van der Waals surface area contributed by atoms with Crippen molar-refractivity contribution in [2.75, 3.05) is 18.9 Å². The van der Waals surface area contributed by atoms with Gasteiger partial charge in [0.15, 0.2) is 0 Å². The molecule has 1 rings (SSSR count). The highest BCUT2D eigenvalue weighted by Crippen LogP contribution is 2.52. The molecule has 0 unspecified atom stereocenters. The van der Waals surface area contributed by atoms with Gasteiger partial charge >= 0.3 is 0 Å². The van der Waals surface area contributed by atoms with Crippen molar-refractivity contribution in [1.29, 1.82) is 0 Å². The summed E-state index contributed by atoms with van der Waals surface area (Å²) in [4.78, 5) is 0.